The SMILES string of the molecule is COC(C)(C)CNS(=O)(=O)Cc1ccccc1C#N. The number of sulfonamides is 1. The van der Waals surface area contributed by atoms with Crippen LogP contribution in [0.1, 0.15) is 25.0 Å². The van der Waals surface area contributed by atoms with Gasteiger partial charge in [0.05, 0.1) is 23.0 Å². The molecular weight excluding hydrogens is 264 g/mol. The fraction of sp³-hybridized carbons (Fsp3) is 0.462. The normalized spacial score (nSPS) is 12.1. The fourth-order valence-electron chi connectivity index (χ4n) is 1.37. The van der Waals surface area contributed by atoms with Crippen molar-refractivity contribution in [3.05, 3.63) is 35.4 Å². The van der Waals surface area contributed by atoms with Gasteiger partial charge in [-0.25, -0.2) is 13.1 Å². The maximum atomic E-state index is 12.0. The topological polar surface area (TPSA) is 79.2 Å². The molecule has 5 nitrogen and oxygen atoms in total. The molecule has 0 saturated carbocycles. The predicted molar refractivity (Wildman–Crippen MR) is 72.9 cm³/mol. The molecule has 1 N–H and O–H groups in total. The zero-order valence-corrected chi connectivity index (χ0v) is 12.1. The molecule has 1 rings (SSSR count). The lowest BCUT2D eigenvalue weighted by atomic mass is 10.1. The van der Waals surface area contributed by atoms with E-state index in [2.05, 4.69) is 4.72 Å². The van der Waals surface area contributed by atoms with Crippen LogP contribution in [0.5, 0.6) is 0 Å². The summed E-state index contributed by atoms with van der Waals surface area (Å²) in [6.07, 6.45) is 0. The van der Waals surface area contributed by atoms with Crippen molar-refractivity contribution < 1.29 is 13.2 Å². The summed E-state index contributed by atoms with van der Waals surface area (Å²) in [5, 5.41) is 8.93. The van der Waals surface area contributed by atoms with Crippen LogP contribution in [0.25, 0.3) is 0 Å². The van der Waals surface area contributed by atoms with Crippen molar-refractivity contribution in [3.63, 3.8) is 0 Å². The maximum absolute atomic E-state index is 12.0. The van der Waals surface area contributed by atoms with Crippen LogP contribution >= 0.6 is 0 Å². The molecule has 6 heteroatoms. The Hall–Kier alpha value is -1.42. The summed E-state index contributed by atoms with van der Waals surface area (Å²) < 4.78 is 31.5. The Morgan fingerprint density at radius 3 is 2.58 bits per heavy atom. The molecule has 0 fully saturated rings. The highest BCUT2D eigenvalue weighted by molar-refractivity contribution is 7.88. The first-order valence-corrected chi connectivity index (χ1v) is 7.45. The molecule has 0 heterocycles. The number of methoxy groups -OCH3 is 1. The average Bonchev–Trinajstić information content (AvgIpc) is 2.37. The molecule has 0 aliphatic heterocycles. The highest BCUT2D eigenvalue weighted by atomic mass is 32.2. The summed E-state index contributed by atoms with van der Waals surface area (Å²) in [7, 11) is -1.96. The smallest absolute Gasteiger partial charge is 0.215 e. The Morgan fingerprint density at radius 2 is 2.00 bits per heavy atom. The van der Waals surface area contributed by atoms with Crippen molar-refractivity contribution in [1.82, 2.24) is 4.72 Å². The van der Waals surface area contributed by atoms with Crippen molar-refractivity contribution in [2.24, 2.45) is 0 Å². The summed E-state index contributed by atoms with van der Waals surface area (Å²) in [5.41, 5.74) is 0.300. The number of nitriles is 1. The predicted octanol–water partition coefficient (Wildman–Crippen LogP) is 1.40. The number of benzene rings is 1. The van der Waals surface area contributed by atoms with Crippen LogP contribution in [0, 0.1) is 11.3 Å². The van der Waals surface area contributed by atoms with E-state index >= 15 is 0 Å². The number of ether oxygens (including phenoxy) is 1. The molecular formula is C13H18N2O3S. The molecule has 1 aromatic rings. The minimum atomic E-state index is -3.49. The van der Waals surface area contributed by atoms with E-state index in [4.69, 9.17) is 10.00 Å². The van der Waals surface area contributed by atoms with Crippen LogP contribution < -0.4 is 4.72 Å². The second kappa shape index (κ2) is 6.15. The highest BCUT2D eigenvalue weighted by Crippen LogP contribution is 2.12. The Kier molecular flexibility index (Phi) is 5.06. The van der Waals surface area contributed by atoms with E-state index in [1.165, 1.54) is 7.11 Å². The van der Waals surface area contributed by atoms with Crippen LogP contribution in [-0.2, 0) is 20.5 Å². The van der Waals surface area contributed by atoms with Crippen LogP contribution in [0.2, 0.25) is 0 Å². The van der Waals surface area contributed by atoms with Gasteiger partial charge in [-0.2, -0.15) is 5.26 Å². The second-order valence-corrected chi connectivity index (χ2v) is 6.62. The molecule has 0 bridgehead atoms. The highest BCUT2D eigenvalue weighted by Gasteiger charge is 2.21. The molecule has 0 radical (unpaired) electrons. The van der Waals surface area contributed by atoms with Gasteiger partial charge in [-0.05, 0) is 25.5 Å². The van der Waals surface area contributed by atoms with E-state index in [0.717, 1.165) is 0 Å². The number of hydrogen-bond acceptors (Lipinski definition) is 4. The Bertz CT molecular complexity index is 574. The van der Waals surface area contributed by atoms with E-state index in [1.807, 2.05) is 6.07 Å². The zero-order chi connectivity index (χ0) is 14.5. The van der Waals surface area contributed by atoms with Crippen LogP contribution in [0.4, 0.5) is 0 Å². The lowest BCUT2D eigenvalue weighted by Crippen LogP contribution is -2.40. The summed E-state index contributed by atoms with van der Waals surface area (Å²) in [4.78, 5) is 0. The van der Waals surface area contributed by atoms with Crippen molar-refractivity contribution in [2.45, 2.75) is 25.2 Å². The minimum Gasteiger partial charge on any atom is -0.377 e. The maximum Gasteiger partial charge on any atom is 0.215 e. The van der Waals surface area contributed by atoms with Crippen LogP contribution in [0.15, 0.2) is 24.3 Å². The van der Waals surface area contributed by atoms with Crippen molar-refractivity contribution >= 4 is 10.0 Å². The number of hydrogen-bond donors (Lipinski definition) is 1. The lowest BCUT2D eigenvalue weighted by molar-refractivity contribution is 0.0276. The molecule has 104 valence electrons. The third-order valence-electron chi connectivity index (χ3n) is 2.75. The van der Waals surface area contributed by atoms with Gasteiger partial charge in [0, 0.05) is 13.7 Å². The van der Waals surface area contributed by atoms with Gasteiger partial charge in [-0.3, -0.25) is 0 Å². The van der Waals surface area contributed by atoms with Crippen molar-refractivity contribution in [1.29, 1.82) is 5.26 Å². The molecule has 0 saturated heterocycles. The van der Waals surface area contributed by atoms with Gasteiger partial charge >= 0.3 is 0 Å². The molecule has 19 heavy (non-hydrogen) atoms. The summed E-state index contributed by atoms with van der Waals surface area (Å²) in [6.45, 7) is 3.76. The van der Waals surface area contributed by atoms with Gasteiger partial charge in [-0.1, -0.05) is 18.2 Å². The van der Waals surface area contributed by atoms with E-state index < -0.39 is 15.6 Å². The molecule has 0 atom stereocenters. The first kappa shape index (κ1) is 15.6. The number of rotatable bonds is 6. The van der Waals surface area contributed by atoms with E-state index in [0.29, 0.717) is 11.1 Å². The molecule has 0 aliphatic rings. The fourth-order valence-corrected chi connectivity index (χ4v) is 2.70. The lowest BCUT2D eigenvalue weighted by Gasteiger charge is -2.23. The first-order valence-electron chi connectivity index (χ1n) is 5.80. The standard InChI is InChI=1S/C13H18N2O3S/c1-13(2,18-3)10-15-19(16,17)9-12-7-5-4-6-11(12)8-14/h4-7,15H,9-10H2,1-3H3. The average molecular weight is 282 g/mol. The molecule has 1 aromatic carbocycles. The molecule has 0 aliphatic carbocycles. The Balaban J connectivity index is 2.78. The third kappa shape index (κ3) is 4.99. The third-order valence-corrected chi connectivity index (χ3v) is 4.03. The van der Waals surface area contributed by atoms with Gasteiger partial charge in [0.1, 0.15) is 0 Å². The second-order valence-electron chi connectivity index (χ2n) is 4.81. The first-order chi connectivity index (χ1) is 8.79. The Labute approximate surface area is 114 Å². The minimum absolute atomic E-state index is 0.181. The molecule has 0 amide bonds. The molecule has 0 aromatic heterocycles. The van der Waals surface area contributed by atoms with Crippen LogP contribution in [-0.4, -0.2) is 27.7 Å². The largest absolute Gasteiger partial charge is 0.377 e. The van der Waals surface area contributed by atoms with Gasteiger partial charge < -0.3 is 4.74 Å². The van der Waals surface area contributed by atoms with Gasteiger partial charge in [0.25, 0.3) is 0 Å². The summed E-state index contributed by atoms with van der Waals surface area (Å²) in [6, 6.07) is 8.64. The van der Waals surface area contributed by atoms with Crippen molar-refractivity contribution in [3.8, 4) is 6.07 Å². The summed E-state index contributed by atoms with van der Waals surface area (Å²) in [5.74, 6) is -0.212. The Morgan fingerprint density at radius 1 is 1.37 bits per heavy atom. The van der Waals surface area contributed by atoms with E-state index in [1.54, 1.807) is 38.1 Å². The van der Waals surface area contributed by atoms with Gasteiger partial charge in [0.2, 0.25) is 10.0 Å². The monoisotopic (exact) mass is 282 g/mol. The number of nitrogens with zero attached hydrogens (tertiary/aromatic N) is 1. The molecule has 0 spiro atoms. The van der Waals surface area contributed by atoms with E-state index in [-0.39, 0.29) is 12.3 Å². The van der Waals surface area contributed by atoms with E-state index in [9.17, 15) is 8.42 Å². The van der Waals surface area contributed by atoms with Gasteiger partial charge in [0.15, 0.2) is 0 Å². The van der Waals surface area contributed by atoms with Crippen molar-refractivity contribution in [2.75, 3.05) is 13.7 Å². The van der Waals surface area contributed by atoms with Crippen LogP contribution in [0.3, 0.4) is 0 Å². The quantitative estimate of drug-likeness (QED) is 0.855. The number of nitrogens with one attached hydrogen (secondary N) is 1. The molecule has 0 unspecified atom stereocenters. The van der Waals surface area contributed by atoms with Gasteiger partial charge in [-0.15, -0.1) is 0 Å². The zero-order valence-electron chi connectivity index (χ0n) is 11.3. The summed E-state index contributed by atoms with van der Waals surface area (Å²) >= 11 is 0.